The fraction of sp³-hybridized carbons (Fsp3) is 0.610. The second-order valence-electron chi connectivity index (χ2n) is 29.0. The molecule has 0 radical (unpaired) electrons. The second kappa shape index (κ2) is 23.1. The zero-order chi connectivity index (χ0) is 56.2. The summed E-state index contributed by atoms with van der Waals surface area (Å²) in [5.74, 6) is 3.91. The van der Waals surface area contributed by atoms with Gasteiger partial charge < -0.3 is 25.6 Å². The van der Waals surface area contributed by atoms with E-state index in [1.165, 1.54) is 237 Å². The number of rotatable bonds is 4. The van der Waals surface area contributed by atoms with Crippen molar-refractivity contribution in [2.45, 2.75) is 287 Å². The van der Waals surface area contributed by atoms with E-state index in [-0.39, 0.29) is 22.3 Å². The van der Waals surface area contributed by atoms with Gasteiger partial charge in [0, 0.05) is 16.7 Å². The minimum Gasteiger partial charge on any atom is -0.508 e. The van der Waals surface area contributed by atoms with Crippen LogP contribution in [0.5, 0.6) is 17.2 Å². The normalized spacial score (nSPS) is 22.7. The van der Waals surface area contributed by atoms with Gasteiger partial charge in [-0.25, -0.2) is 9.97 Å². The van der Waals surface area contributed by atoms with Gasteiger partial charge in [-0.1, -0.05) is 106 Å². The number of aromatic hydroxyl groups is 1. The quantitative estimate of drug-likeness (QED) is 0.165. The summed E-state index contributed by atoms with van der Waals surface area (Å²) in [6.07, 6.45) is 42.9. The maximum absolute atomic E-state index is 9.98. The number of phenols is 1. The van der Waals surface area contributed by atoms with Crippen LogP contribution < -0.4 is 20.5 Å². The second-order valence-corrected chi connectivity index (χ2v) is 29.0. The van der Waals surface area contributed by atoms with Crippen LogP contribution in [0.15, 0.2) is 61.4 Å². The predicted octanol–water partition coefficient (Wildman–Crippen LogP) is 20.6. The standard InChI is InChI=1S/C22H28N4.C18H24O.2C17H22O.3CH4/c1-14-10-16(26-20-15(2)19(23)24-13-25-20)11-17-18(14)22(8-9-22)12-21(17)6-4-3-5-7-21;1-13-10-14(19-2)11-15-16(13)18(8-9-18)12-17(15)6-4-3-5-7-17;1-12-9-13(18)10-14-15(12)17(7-8-17)11-16(14)5-3-2-4-6-16;1-12-9-14(18-3)10-15-16(12)13(2)11-17(15)7-5-4-6-8-17;;;/h10-11,13H,3-9,12H2,1-2H3,(H3,23,24,25,26);10-11H,3-9,12H2,1-2H3;9-10,18H,2-8,11H2,1H3;9-10H,2,4-8,11H2,1,3H3;3*1H4. The van der Waals surface area contributed by atoms with E-state index in [0.717, 1.165) is 35.0 Å². The lowest BCUT2D eigenvalue weighted by molar-refractivity contribution is 0.275. The number of hydrogen-bond donors (Lipinski definition) is 3. The average molecular weight is 1140 g/mol. The molecule has 1 aromatic heterocycles. The first kappa shape index (κ1) is 61.8. The van der Waals surface area contributed by atoms with Gasteiger partial charge in [0.25, 0.3) is 0 Å². The van der Waals surface area contributed by atoms with Crippen molar-refractivity contribution in [1.29, 1.82) is 0 Å². The minimum atomic E-state index is 0. The van der Waals surface area contributed by atoms with Crippen LogP contribution in [0.1, 0.15) is 287 Å². The van der Waals surface area contributed by atoms with Crippen LogP contribution in [0.25, 0.3) is 5.57 Å². The molecule has 454 valence electrons. The molecule has 0 saturated heterocycles. The Balaban J connectivity index is 0.000000125. The molecule has 0 unspecified atom stereocenters. The van der Waals surface area contributed by atoms with Crippen molar-refractivity contribution in [3.05, 3.63) is 134 Å². The summed E-state index contributed by atoms with van der Waals surface area (Å²) < 4.78 is 11.0. The molecule has 0 amide bonds. The molecule has 7 saturated carbocycles. The number of nitrogens with one attached hydrogen (secondary N) is 1. The Kier molecular flexibility index (Phi) is 17.0. The Morgan fingerprint density at radius 3 is 1.30 bits per heavy atom. The number of anilines is 3. The van der Waals surface area contributed by atoms with E-state index in [0.29, 0.717) is 49.5 Å². The van der Waals surface area contributed by atoms with E-state index in [2.05, 4.69) is 92.0 Å². The fourth-order valence-corrected chi connectivity index (χ4v) is 19.9. The molecule has 84 heavy (non-hydrogen) atoms. The third-order valence-corrected chi connectivity index (χ3v) is 23.7. The predicted molar refractivity (Wildman–Crippen MR) is 353 cm³/mol. The largest absolute Gasteiger partial charge is 0.508 e. The van der Waals surface area contributed by atoms with Gasteiger partial charge in [0.2, 0.25) is 0 Å². The lowest BCUT2D eigenvalue weighted by atomic mass is 9.69. The smallest absolute Gasteiger partial charge is 0.138 e. The molecule has 7 spiro atoms. The molecule has 4 N–H and O–H groups in total. The average Bonchev–Trinajstić information content (AvgIpc) is 1.58. The van der Waals surface area contributed by atoms with Crippen LogP contribution in [0.2, 0.25) is 0 Å². The molecule has 16 rings (SSSR count). The van der Waals surface area contributed by atoms with E-state index < -0.39 is 0 Å². The number of allylic oxidation sites excluding steroid dienone is 1. The monoisotopic (exact) mass is 1140 g/mol. The minimum absolute atomic E-state index is 0. The number of hydrogen-bond acceptors (Lipinski definition) is 7. The van der Waals surface area contributed by atoms with Crippen molar-refractivity contribution in [2.24, 2.45) is 0 Å². The number of aromatic nitrogens is 2. The first-order chi connectivity index (χ1) is 39.0. The molecule has 0 aliphatic heterocycles. The third kappa shape index (κ3) is 10.5. The summed E-state index contributed by atoms with van der Waals surface area (Å²) in [6.45, 7) is 15.3. The van der Waals surface area contributed by atoms with E-state index in [1.807, 2.05) is 13.0 Å². The number of aryl methyl sites for hydroxylation is 4. The van der Waals surface area contributed by atoms with Gasteiger partial charge in [0.15, 0.2) is 0 Å². The lowest BCUT2D eigenvalue weighted by Gasteiger charge is -2.35. The number of methoxy groups -OCH3 is 2. The molecule has 1 heterocycles. The zero-order valence-corrected chi connectivity index (χ0v) is 50.9. The number of benzene rings is 4. The van der Waals surface area contributed by atoms with Crippen molar-refractivity contribution in [3.63, 3.8) is 0 Å². The number of fused-ring (bicyclic) bond motifs is 11. The van der Waals surface area contributed by atoms with Crippen molar-refractivity contribution in [2.75, 3.05) is 25.3 Å². The van der Waals surface area contributed by atoms with Crippen molar-refractivity contribution >= 4 is 22.9 Å². The fourth-order valence-electron chi connectivity index (χ4n) is 19.9. The van der Waals surface area contributed by atoms with Crippen LogP contribution in [0, 0.1) is 34.6 Å². The van der Waals surface area contributed by atoms with Gasteiger partial charge >= 0.3 is 0 Å². The first-order valence-corrected chi connectivity index (χ1v) is 32.5. The van der Waals surface area contributed by atoms with Gasteiger partial charge in [0.05, 0.1) is 14.2 Å². The third-order valence-electron chi connectivity index (χ3n) is 23.7. The highest BCUT2D eigenvalue weighted by Crippen LogP contribution is 2.70. The van der Waals surface area contributed by atoms with Crippen molar-refractivity contribution < 1.29 is 14.6 Å². The number of ether oxygens (including phenoxy) is 2. The highest BCUT2D eigenvalue weighted by molar-refractivity contribution is 5.77. The molecule has 0 atom stereocenters. The van der Waals surface area contributed by atoms with Crippen LogP contribution in [0.4, 0.5) is 17.3 Å². The van der Waals surface area contributed by atoms with Crippen molar-refractivity contribution in [3.8, 4) is 17.2 Å². The van der Waals surface area contributed by atoms with E-state index >= 15 is 0 Å². The van der Waals surface area contributed by atoms with Gasteiger partial charge in [0.1, 0.15) is 35.2 Å². The summed E-state index contributed by atoms with van der Waals surface area (Å²) in [5, 5.41) is 13.5. The SMILES string of the molecule is C.C.C.C=C1CC2(CCCCC2)c2cc(OC)cc(C)c21.COc1cc(C)c2c(c1)C1(CCCCC1)CC21CC1.Cc1cc(Nc2ncnc(N)c2C)cc2c1C1(CC1)CC21CCCCC1.Cc1cc(O)cc2c1C1(CC1)CC21CCCCC1. The summed E-state index contributed by atoms with van der Waals surface area (Å²) >= 11 is 0. The van der Waals surface area contributed by atoms with Gasteiger partial charge in [-0.15, -0.1) is 0 Å². The maximum atomic E-state index is 9.98. The van der Waals surface area contributed by atoms with Crippen LogP contribution in [0.3, 0.4) is 0 Å². The summed E-state index contributed by atoms with van der Waals surface area (Å²) in [7, 11) is 3.56. The number of nitrogen functional groups attached to an aromatic ring is 1. The summed E-state index contributed by atoms with van der Waals surface area (Å²) in [6, 6.07) is 17.8. The van der Waals surface area contributed by atoms with Gasteiger partial charge in [-0.2, -0.15) is 0 Å². The summed E-state index contributed by atoms with van der Waals surface area (Å²) in [4.78, 5) is 8.48. The highest BCUT2D eigenvalue weighted by atomic mass is 16.5. The molecule has 7 fully saturated rings. The Bertz CT molecular complexity index is 3260. The molecule has 7 heteroatoms. The topological polar surface area (TPSA) is 103 Å². The van der Waals surface area contributed by atoms with E-state index in [9.17, 15) is 5.11 Å². The maximum Gasteiger partial charge on any atom is 0.138 e. The number of nitrogens with zero attached hydrogens (tertiary/aromatic N) is 2. The molecule has 11 aliphatic rings. The zero-order valence-electron chi connectivity index (χ0n) is 50.9. The highest BCUT2D eigenvalue weighted by Gasteiger charge is 2.61. The van der Waals surface area contributed by atoms with Crippen molar-refractivity contribution in [1.82, 2.24) is 9.97 Å². The van der Waals surface area contributed by atoms with Crippen LogP contribution in [-0.4, -0.2) is 29.3 Å². The molecular formula is C77H108N4O3. The van der Waals surface area contributed by atoms with Crippen LogP contribution >= 0.6 is 0 Å². The van der Waals surface area contributed by atoms with E-state index in [4.69, 9.17) is 15.2 Å². The summed E-state index contributed by atoms with van der Waals surface area (Å²) in [5.41, 5.74) is 31.1. The van der Waals surface area contributed by atoms with Gasteiger partial charge in [-0.3, -0.25) is 0 Å². The molecule has 11 aliphatic carbocycles. The number of phenolic OH excluding ortho intramolecular Hbond substituents is 1. The Hall–Kier alpha value is -5.30. The molecule has 4 aromatic carbocycles. The molecular weight excluding hydrogens is 1030 g/mol. The Morgan fingerprint density at radius 2 is 0.845 bits per heavy atom. The Labute approximate surface area is 508 Å². The van der Waals surface area contributed by atoms with Crippen LogP contribution in [-0.2, 0) is 37.9 Å². The molecule has 5 aromatic rings. The Morgan fingerprint density at radius 1 is 0.452 bits per heavy atom. The number of nitrogens with two attached hydrogens (primary N) is 1. The lowest BCUT2D eigenvalue weighted by Crippen LogP contribution is -2.27. The molecule has 7 nitrogen and oxygen atoms in total. The first-order valence-electron chi connectivity index (χ1n) is 32.5. The van der Waals surface area contributed by atoms with Gasteiger partial charge in [-0.05, 0) is 304 Å². The molecule has 0 bridgehead atoms. The van der Waals surface area contributed by atoms with E-state index in [1.54, 1.807) is 42.0 Å².